The number of benzene rings is 2. The van der Waals surface area contributed by atoms with Gasteiger partial charge in [-0.05, 0) is 43.1 Å². The number of likely N-dealkylation sites (N-methyl/N-ethyl adjacent to an activating group) is 1. The van der Waals surface area contributed by atoms with E-state index in [9.17, 15) is 4.79 Å². The van der Waals surface area contributed by atoms with Crippen molar-refractivity contribution < 1.29 is 4.79 Å². The van der Waals surface area contributed by atoms with Crippen LogP contribution in [0.25, 0.3) is 0 Å². The normalized spacial score (nSPS) is 18.4. The molecule has 2 aliphatic heterocycles. The van der Waals surface area contributed by atoms with Crippen molar-refractivity contribution in [1.82, 2.24) is 19.7 Å². The van der Waals surface area contributed by atoms with Crippen LogP contribution in [0.1, 0.15) is 43.6 Å². The summed E-state index contributed by atoms with van der Waals surface area (Å²) in [5, 5.41) is 9.84. The minimum atomic E-state index is -0.206. The van der Waals surface area contributed by atoms with E-state index in [-0.39, 0.29) is 11.2 Å². The molecule has 6 nitrogen and oxygen atoms in total. The van der Waals surface area contributed by atoms with Gasteiger partial charge in [-0.2, -0.15) is 0 Å². The molecule has 0 radical (unpaired) electrons. The van der Waals surface area contributed by atoms with Gasteiger partial charge in [0.1, 0.15) is 5.82 Å². The molecule has 7 heteroatoms. The second-order valence-corrected chi connectivity index (χ2v) is 10.9. The van der Waals surface area contributed by atoms with E-state index in [0.717, 1.165) is 36.3 Å². The lowest BCUT2D eigenvalue weighted by molar-refractivity contribution is -0.112. The number of anilines is 1. The number of nitrogens with zero attached hydrogens (tertiary/aromatic N) is 5. The lowest BCUT2D eigenvalue weighted by Crippen LogP contribution is -2.24. The number of ketones is 1. The Morgan fingerprint density at radius 1 is 1.00 bits per heavy atom. The van der Waals surface area contributed by atoms with E-state index in [4.69, 9.17) is 0 Å². The fourth-order valence-electron chi connectivity index (χ4n) is 5.20. The number of rotatable bonds is 8. The van der Waals surface area contributed by atoms with Gasteiger partial charge in [-0.3, -0.25) is 9.69 Å². The standard InChI is InChI=1S/C28H33N5OS/c1-28(2)23-13-7-8-14-24(23)31(3)25(28)17-22(34)20-35-27-30-29-26(19-32-15-9-10-16-32)33(27)18-21-11-5-4-6-12-21/h4-8,11-14,17H,9-10,15-16,18-20H2,1-3H3/b25-17-. The molecule has 35 heavy (non-hydrogen) atoms. The quantitative estimate of drug-likeness (QED) is 0.333. The summed E-state index contributed by atoms with van der Waals surface area (Å²) in [6.45, 7) is 8.09. The van der Waals surface area contributed by atoms with Crippen LogP contribution < -0.4 is 4.90 Å². The van der Waals surface area contributed by atoms with Gasteiger partial charge in [-0.15, -0.1) is 10.2 Å². The number of carbonyl (C=O) groups excluding carboxylic acids is 1. The number of para-hydroxylation sites is 1. The van der Waals surface area contributed by atoms with Crippen molar-refractivity contribution >= 4 is 23.2 Å². The lowest BCUT2D eigenvalue weighted by Gasteiger charge is -2.23. The molecule has 5 rings (SSSR count). The first kappa shape index (κ1) is 23.8. The summed E-state index contributed by atoms with van der Waals surface area (Å²) in [7, 11) is 2.04. The number of fused-ring (bicyclic) bond motifs is 1. The van der Waals surface area contributed by atoms with Gasteiger partial charge in [0.25, 0.3) is 0 Å². The molecule has 182 valence electrons. The van der Waals surface area contributed by atoms with E-state index >= 15 is 0 Å². The van der Waals surface area contributed by atoms with Crippen LogP contribution in [0.4, 0.5) is 5.69 Å². The van der Waals surface area contributed by atoms with Gasteiger partial charge in [-0.25, -0.2) is 0 Å². The van der Waals surface area contributed by atoms with Gasteiger partial charge < -0.3 is 9.47 Å². The third-order valence-corrected chi connectivity index (χ3v) is 8.11. The zero-order chi connectivity index (χ0) is 24.4. The zero-order valence-electron chi connectivity index (χ0n) is 20.8. The van der Waals surface area contributed by atoms with Gasteiger partial charge in [0.05, 0.1) is 18.8 Å². The monoisotopic (exact) mass is 487 g/mol. The van der Waals surface area contributed by atoms with Crippen molar-refractivity contribution in [2.24, 2.45) is 0 Å². The molecule has 0 atom stereocenters. The summed E-state index contributed by atoms with van der Waals surface area (Å²) in [6.07, 6.45) is 4.30. The van der Waals surface area contributed by atoms with E-state index in [1.807, 2.05) is 25.3 Å². The Morgan fingerprint density at radius 3 is 2.46 bits per heavy atom. The van der Waals surface area contributed by atoms with Crippen molar-refractivity contribution in [2.75, 3.05) is 30.8 Å². The molecule has 3 aromatic rings. The van der Waals surface area contributed by atoms with Crippen molar-refractivity contribution in [2.45, 2.75) is 50.4 Å². The third-order valence-electron chi connectivity index (χ3n) is 7.12. The fraction of sp³-hybridized carbons (Fsp3) is 0.393. The van der Waals surface area contributed by atoms with E-state index in [2.05, 4.69) is 80.9 Å². The minimum Gasteiger partial charge on any atom is -0.347 e. The maximum atomic E-state index is 13.1. The van der Waals surface area contributed by atoms with E-state index in [1.165, 1.54) is 41.4 Å². The SMILES string of the molecule is CN1/C(=C\C(=O)CSc2nnc(CN3CCCC3)n2Cc2ccccc2)C(C)(C)c2ccccc21. The van der Waals surface area contributed by atoms with Crippen molar-refractivity contribution in [1.29, 1.82) is 0 Å². The highest BCUT2D eigenvalue weighted by Gasteiger charge is 2.38. The second-order valence-electron chi connectivity index (χ2n) is 9.94. The predicted octanol–water partition coefficient (Wildman–Crippen LogP) is 4.89. The van der Waals surface area contributed by atoms with E-state index < -0.39 is 0 Å². The molecular formula is C28H33N5OS. The molecule has 0 N–H and O–H groups in total. The largest absolute Gasteiger partial charge is 0.347 e. The van der Waals surface area contributed by atoms with Crippen LogP contribution in [0.2, 0.25) is 0 Å². The molecule has 2 aliphatic rings. The topological polar surface area (TPSA) is 54.3 Å². The number of allylic oxidation sites excluding steroid dienone is 2. The maximum absolute atomic E-state index is 13.1. The number of thioether (sulfide) groups is 1. The van der Waals surface area contributed by atoms with Crippen LogP contribution in [-0.2, 0) is 23.3 Å². The van der Waals surface area contributed by atoms with Gasteiger partial charge in [0, 0.05) is 29.9 Å². The molecule has 0 unspecified atom stereocenters. The summed E-state index contributed by atoms with van der Waals surface area (Å²) < 4.78 is 2.18. The summed E-state index contributed by atoms with van der Waals surface area (Å²) in [4.78, 5) is 17.7. The first-order valence-electron chi connectivity index (χ1n) is 12.3. The second kappa shape index (κ2) is 9.99. The van der Waals surface area contributed by atoms with Crippen LogP contribution in [0, 0.1) is 0 Å². The highest BCUT2D eigenvalue weighted by Crippen LogP contribution is 2.46. The molecule has 1 saturated heterocycles. The van der Waals surface area contributed by atoms with Crippen molar-refractivity contribution in [3.63, 3.8) is 0 Å². The molecule has 0 amide bonds. The molecule has 2 aromatic carbocycles. The third kappa shape index (κ3) is 4.93. The first-order valence-corrected chi connectivity index (χ1v) is 13.3. The minimum absolute atomic E-state index is 0.0908. The van der Waals surface area contributed by atoms with Gasteiger partial charge in [0.2, 0.25) is 0 Å². The number of likely N-dealkylation sites (tertiary alicyclic amines) is 1. The molecule has 0 aliphatic carbocycles. The molecule has 0 saturated carbocycles. The lowest BCUT2D eigenvalue weighted by atomic mass is 9.83. The van der Waals surface area contributed by atoms with Crippen molar-refractivity contribution in [3.8, 4) is 0 Å². The highest BCUT2D eigenvalue weighted by molar-refractivity contribution is 7.99. The Kier molecular flexibility index (Phi) is 6.80. The Hall–Kier alpha value is -2.90. The zero-order valence-corrected chi connectivity index (χ0v) is 21.6. The highest BCUT2D eigenvalue weighted by atomic mass is 32.2. The molecular weight excluding hydrogens is 454 g/mol. The first-order chi connectivity index (χ1) is 16.9. The van der Waals surface area contributed by atoms with Crippen LogP contribution in [0.3, 0.4) is 0 Å². The van der Waals surface area contributed by atoms with Crippen LogP contribution >= 0.6 is 11.8 Å². The Labute approximate surface area is 212 Å². The van der Waals surface area contributed by atoms with Gasteiger partial charge in [-0.1, -0.05) is 74.1 Å². The van der Waals surface area contributed by atoms with E-state index in [1.54, 1.807) is 0 Å². The Bertz CT molecular complexity index is 1230. The number of hydrogen-bond donors (Lipinski definition) is 0. The summed E-state index contributed by atoms with van der Waals surface area (Å²) >= 11 is 1.48. The van der Waals surface area contributed by atoms with Crippen LogP contribution in [0.15, 0.2) is 71.5 Å². The number of aromatic nitrogens is 3. The molecule has 0 spiro atoms. The summed E-state index contributed by atoms with van der Waals surface area (Å²) in [5.41, 5.74) is 4.45. The number of carbonyl (C=O) groups is 1. The van der Waals surface area contributed by atoms with Gasteiger partial charge >= 0.3 is 0 Å². The molecule has 1 fully saturated rings. The Morgan fingerprint density at radius 2 is 1.71 bits per heavy atom. The number of hydrogen-bond acceptors (Lipinski definition) is 6. The molecule has 3 heterocycles. The maximum Gasteiger partial charge on any atom is 0.192 e. The average molecular weight is 488 g/mol. The Balaban J connectivity index is 1.33. The van der Waals surface area contributed by atoms with Crippen LogP contribution in [0.5, 0.6) is 0 Å². The van der Waals surface area contributed by atoms with E-state index in [0.29, 0.717) is 12.3 Å². The fourth-order valence-corrected chi connectivity index (χ4v) is 5.98. The average Bonchev–Trinajstić information content (AvgIpc) is 3.55. The summed E-state index contributed by atoms with van der Waals surface area (Å²) in [6, 6.07) is 18.8. The predicted molar refractivity (Wildman–Crippen MR) is 142 cm³/mol. The molecule has 0 bridgehead atoms. The smallest absolute Gasteiger partial charge is 0.192 e. The van der Waals surface area contributed by atoms with Gasteiger partial charge in [0.15, 0.2) is 10.9 Å². The van der Waals surface area contributed by atoms with Crippen molar-refractivity contribution in [3.05, 3.63) is 83.3 Å². The molecule has 1 aromatic heterocycles. The van der Waals surface area contributed by atoms with Crippen LogP contribution in [-0.4, -0.2) is 51.3 Å². The summed E-state index contributed by atoms with van der Waals surface area (Å²) in [5.74, 6) is 1.39.